The highest BCUT2D eigenvalue weighted by atomic mass is 28.3. The molecule has 0 atom stereocenters. The second-order valence-corrected chi connectivity index (χ2v) is 43.0. The molecule has 10 heteroatoms. The lowest BCUT2D eigenvalue weighted by Gasteiger charge is -2.36. The largest absolute Gasteiger partial charge is 0.311 e. The van der Waals surface area contributed by atoms with Crippen LogP contribution in [0.2, 0.25) is 19.6 Å². The number of nitrogens with zero attached hydrogens (tertiary/aromatic N) is 6. The molecule has 0 spiro atoms. The van der Waals surface area contributed by atoms with E-state index >= 15 is 0 Å². The van der Waals surface area contributed by atoms with Crippen molar-refractivity contribution in [3.8, 4) is 50.2 Å². The van der Waals surface area contributed by atoms with Gasteiger partial charge in [0, 0.05) is 102 Å². The second kappa shape index (κ2) is 33.7. The van der Waals surface area contributed by atoms with Crippen molar-refractivity contribution in [3.05, 3.63) is 460 Å². The molecule has 640 valence electrons. The molecule has 26 rings (SSSR count). The summed E-state index contributed by atoms with van der Waals surface area (Å²) in [6.45, 7) is 20.9. The van der Waals surface area contributed by atoms with Gasteiger partial charge in [0.05, 0.1) is 19.1 Å². The Hall–Kier alpha value is -15.6. The quantitative estimate of drug-likeness (QED) is 0.113. The fourth-order valence-corrected chi connectivity index (χ4v) is 23.2. The van der Waals surface area contributed by atoms with Crippen LogP contribution in [0.5, 0.6) is 0 Å². The van der Waals surface area contributed by atoms with Gasteiger partial charge < -0.3 is 29.1 Å². The molecule has 0 radical (unpaired) electrons. The molecule has 0 amide bonds. The molecule has 0 saturated heterocycles. The van der Waals surface area contributed by atoms with E-state index in [0.29, 0.717) is 0 Å². The van der Waals surface area contributed by atoms with Gasteiger partial charge in [0.15, 0.2) is 0 Å². The van der Waals surface area contributed by atoms with Crippen LogP contribution in [0.25, 0.3) is 72.0 Å². The maximum atomic E-state index is 2.53. The summed E-state index contributed by atoms with van der Waals surface area (Å²) in [6.07, 6.45) is 0. The predicted molar refractivity (Wildman–Crippen MR) is 581 cm³/mol. The summed E-state index contributed by atoms with van der Waals surface area (Å²) in [5.74, 6) is 0. The van der Waals surface area contributed by atoms with Crippen molar-refractivity contribution in [2.75, 3.05) is 24.5 Å². The molecular weight excluding hydrogens is 1630 g/mol. The zero-order valence-corrected chi connectivity index (χ0v) is 78.1. The summed E-state index contributed by atoms with van der Waals surface area (Å²) in [5, 5.41) is 4.06. The molecule has 0 aliphatic carbocycles. The average molecular weight is 1740 g/mol. The number of anilines is 15. The minimum Gasteiger partial charge on any atom is -0.311 e. The summed E-state index contributed by atoms with van der Waals surface area (Å²) in [6, 6.07) is 165. The number of aromatic nitrogens is 1. The Kier molecular flexibility index (Phi) is 20.8. The molecule has 0 bridgehead atoms. The van der Waals surface area contributed by atoms with Crippen molar-refractivity contribution in [1.29, 1.82) is 0 Å². The third kappa shape index (κ3) is 14.0. The first kappa shape index (κ1) is 82.8. The normalized spacial score (nSPS) is 12.7. The molecule has 7 heterocycles. The van der Waals surface area contributed by atoms with Crippen LogP contribution in [-0.4, -0.2) is 32.8 Å². The molecule has 134 heavy (non-hydrogen) atoms. The molecule has 6 aliphatic heterocycles. The van der Waals surface area contributed by atoms with E-state index in [4.69, 9.17) is 0 Å². The monoisotopic (exact) mass is 1730 g/mol. The minimum atomic E-state index is -1.46. The molecule has 19 aromatic carbocycles. The summed E-state index contributed by atoms with van der Waals surface area (Å²) < 4.78 is 2.42. The molecule has 20 aromatic rings. The molecule has 6 nitrogen and oxygen atoms in total. The second-order valence-electron chi connectivity index (χ2n) is 37.9. The first-order valence-corrected chi connectivity index (χ1v) is 50.9. The Bertz CT molecular complexity index is 7800. The van der Waals surface area contributed by atoms with Gasteiger partial charge in [-0.15, -0.1) is 0 Å². The van der Waals surface area contributed by atoms with Gasteiger partial charge in [-0.25, -0.2) is 0 Å². The van der Waals surface area contributed by atoms with Crippen molar-refractivity contribution in [1.82, 2.24) is 4.57 Å². The van der Waals surface area contributed by atoms with Gasteiger partial charge in [0.25, 0.3) is 0 Å². The third-order valence-corrected chi connectivity index (χ3v) is 30.1. The molecule has 6 aliphatic rings. The fourth-order valence-electron chi connectivity index (χ4n) is 22.0. The lowest BCUT2D eigenvalue weighted by atomic mass is 9.37. The van der Waals surface area contributed by atoms with Crippen LogP contribution in [0.15, 0.2) is 449 Å². The van der Waals surface area contributed by atoms with Gasteiger partial charge in [-0.3, -0.25) is 0 Å². The number of rotatable bonds is 12. The summed E-state index contributed by atoms with van der Waals surface area (Å²) in [4.78, 5) is 12.2. The summed E-state index contributed by atoms with van der Waals surface area (Å²) >= 11 is 0. The highest BCUT2D eigenvalue weighted by Crippen LogP contribution is 2.49. The molecule has 0 saturated carbocycles. The van der Waals surface area contributed by atoms with E-state index < -0.39 is 8.07 Å². The third-order valence-electron chi connectivity index (χ3n) is 28.1. The van der Waals surface area contributed by atoms with Gasteiger partial charge in [-0.05, 0) is 265 Å². The highest BCUT2D eigenvalue weighted by Gasteiger charge is 2.47. The minimum absolute atomic E-state index is 0.115. The number of aryl methyl sites for hydroxylation is 1. The van der Waals surface area contributed by atoms with E-state index in [1.54, 1.807) is 0 Å². The van der Waals surface area contributed by atoms with Gasteiger partial charge in [-0.1, -0.05) is 361 Å². The van der Waals surface area contributed by atoms with E-state index in [-0.39, 0.29) is 25.6 Å². The van der Waals surface area contributed by atoms with E-state index in [9.17, 15) is 0 Å². The van der Waals surface area contributed by atoms with Crippen LogP contribution >= 0.6 is 0 Å². The Morgan fingerprint density at radius 1 is 0.246 bits per heavy atom. The molecule has 1 aromatic heterocycles. The van der Waals surface area contributed by atoms with Crippen LogP contribution in [0.1, 0.15) is 45.7 Å². The van der Waals surface area contributed by atoms with E-state index in [1.165, 1.54) is 189 Å². The van der Waals surface area contributed by atoms with Crippen molar-refractivity contribution < 1.29 is 0 Å². The maximum absolute atomic E-state index is 2.53. The van der Waals surface area contributed by atoms with Crippen LogP contribution < -0.4 is 78.9 Å². The lowest BCUT2D eigenvalue weighted by molar-refractivity contribution is 0.590. The van der Waals surface area contributed by atoms with E-state index in [2.05, 4.69) is 525 Å². The molecule has 0 fully saturated rings. The highest BCUT2D eigenvalue weighted by molar-refractivity contribution is 7.03. The first-order chi connectivity index (χ1) is 65.7. The van der Waals surface area contributed by atoms with Crippen molar-refractivity contribution in [2.24, 2.45) is 0 Å². The van der Waals surface area contributed by atoms with Crippen LogP contribution in [0.3, 0.4) is 0 Å². The smallest absolute Gasteiger partial charge is 0.248 e. The van der Waals surface area contributed by atoms with E-state index in [0.717, 1.165) is 34.1 Å². The zero-order valence-electron chi connectivity index (χ0n) is 77.1. The molecule has 0 N–H and O–H groups in total. The Balaban J connectivity index is 0.000000114. The van der Waals surface area contributed by atoms with Gasteiger partial charge in [0.1, 0.15) is 0 Å². The predicted octanol–water partition coefficient (Wildman–Crippen LogP) is 26.8. The molecule has 0 unspecified atom stereocenters. The van der Waals surface area contributed by atoms with Gasteiger partial charge in [0.2, 0.25) is 20.1 Å². The van der Waals surface area contributed by atoms with E-state index in [1.807, 2.05) is 13.8 Å². The number of benzene rings is 19. The topological polar surface area (TPSA) is 21.1 Å². The van der Waals surface area contributed by atoms with Gasteiger partial charge in [-0.2, -0.15) is 0 Å². The lowest BCUT2D eigenvalue weighted by Crippen LogP contribution is -2.54. The molecular formula is C124H101B3N6Si. The maximum Gasteiger partial charge on any atom is 0.248 e. The van der Waals surface area contributed by atoms with Gasteiger partial charge >= 0.3 is 0 Å². The van der Waals surface area contributed by atoms with Crippen LogP contribution in [-0.2, 0) is 5.41 Å². The Morgan fingerprint density at radius 2 is 0.619 bits per heavy atom. The Morgan fingerprint density at radius 3 is 1.10 bits per heavy atom. The zero-order chi connectivity index (χ0) is 90.6. The van der Waals surface area contributed by atoms with Crippen LogP contribution in [0, 0.1) is 6.92 Å². The average Bonchev–Trinajstić information content (AvgIpc) is 1.55. The Labute approximate surface area is 789 Å². The summed E-state index contributed by atoms with van der Waals surface area (Å²) in [5.41, 5.74) is 47.4. The summed E-state index contributed by atoms with van der Waals surface area (Å²) in [7, 11) is -1.46. The number of hydrogen-bond donors (Lipinski definition) is 0. The standard InChI is InChI=1S/C49H45BN2Si.C37H27BN2.C36H23BN2.C2H6/c1-49(2,3)36-23-20-34(21-24-36)35-22-30-45-47(32-35)52(39-25-28-41(29-26-39)53(4,5)6)46-19-13-18-42-43-33-40(27-31-44(43)50(45)48(42)46)51(37-14-9-7-10-15-37)38-16-11-8-12-17-38;1-26-20-22-34-36(24-26)40(29-16-9-4-10-17-29)35-19-11-18-31-32-25-30(21-23-33(32)38(34)37(31)35)39(27-12-5-2-6-13-27)28-14-7-3-8-15-28;1-3-12-24(13-4-1)38-32-20-10-8-17-27(32)29-22-31-35(23-34(29)38)39(25-14-5-2-6-15-25)33-21-11-18-28-26-16-7-9-19-30(26)37(31)36(28)33;1-2/h7-33H,1-6H3;2-25H,1H3;1-23H;1-2H3. The van der Waals surface area contributed by atoms with Crippen molar-refractivity contribution in [3.63, 3.8) is 0 Å². The van der Waals surface area contributed by atoms with Crippen LogP contribution in [0.4, 0.5) is 85.3 Å². The first-order valence-electron chi connectivity index (χ1n) is 47.4. The van der Waals surface area contributed by atoms with Crippen molar-refractivity contribution in [2.45, 2.75) is 66.6 Å². The van der Waals surface area contributed by atoms with Crippen molar-refractivity contribution >= 4 is 190 Å². The fraction of sp³-hybridized carbons (Fsp3) is 0.0806. The number of fused-ring (bicyclic) bond motifs is 18. The SMILES string of the molecule is CC.CC(C)(C)c1ccc(-c2ccc3c(c2)N(c2ccc([Si](C)(C)C)cc2)c2cccc4c2B3c2ccc(N(c3ccccc3)c3ccccc3)cc2-4)cc1.Cc1ccc2c(c1)N(c1ccccc1)c1cccc3c1B2c1ccc(N(c2ccccc2)c2ccccc2)cc1-3.c1ccc(N2c3cc4c(cc3B3c5ccccc5-c5cccc2c53)c2ccccc2n4-c2ccccc2)cc1. The number of hydrogen-bond acceptors (Lipinski definition) is 5. The number of para-hydroxylation sites is 8.